The van der Waals surface area contributed by atoms with Crippen molar-refractivity contribution in [1.29, 1.82) is 0 Å². The molecule has 1 aliphatic carbocycles. The zero-order valence-corrected chi connectivity index (χ0v) is 15.1. The van der Waals surface area contributed by atoms with Crippen LogP contribution in [0.25, 0.3) is 5.69 Å². The van der Waals surface area contributed by atoms with Crippen LogP contribution in [-0.4, -0.2) is 39.4 Å². The molecule has 2 amide bonds. The molecule has 7 heteroatoms. The van der Waals surface area contributed by atoms with E-state index in [1.807, 2.05) is 4.90 Å². The molecule has 1 aliphatic heterocycles. The Balaban J connectivity index is 1.33. The molecule has 6 nitrogen and oxygen atoms in total. The van der Waals surface area contributed by atoms with E-state index < -0.39 is 0 Å². The summed E-state index contributed by atoms with van der Waals surface area (Å²) in [5.74, 6) is -0.231. The number of rotatable bonds is 5. The summed E-state index contributed by atoms with van der Waals surface area (Å²) in [6.45, 7) is 1.52. The van der Waals surface area contributed by atoms with Crippen LogP contribution in [-0.2, 0) is 16.1 Å². The highest BCUT2D eigenvalue weighted by molar-refractivity contribution is 5.83. The van der Waals surface area contributed by atoms with Gasteiger partial charge in [0.25, 0.3) is 0 Å². The SMILES string of the molecule is O=C(NCc1ccc(-n2ccnc2)c(F)c1)C1CCCN(C(=O)C2CC2)C1. The molecular formula is C20H23FN4O2. The van der Waals surface area contributed by atoms with Gasteiger partial charge in [0.2, 0.25) is 11.8 Å². The quantitative estimate of drug-likeness (QED) is 0.878. The molecule has 0 spiro atoms. The van der Waals surface area contributed by atoms with Crippen molar-refractivity contribution in [3.05, 3.63) is 48.3 Å². The summed E-state index contributed by atoms with van der Waals surface area (Å²) in [6, 6.07) is 4.90. The Morgan fingerprint density at radius 2 is 2.07 bits per heavy atom. The Hall–Kier alpha value is -2.70. The van der Waals surface area contributed by atoms with Gasteiger partial charge in [-0.3, -0.25) is 9.59 Å². The lowest BCUT2D eigenvalue weighted by Crippen LogP contribution is -2.45. The number of nitrogens with zero attached hydrogens (tertiary/aromatic N) is 3. The number of carbonyl (C=O) groups excluding carboxylic acids is 2. The summed E-state index contributed by atoms with van der Waals surface area (Å²) >= 11 is 0. The topological polar surface area (TPSA) is 67.2 Å². The first-order valence-electron chi connectivity index (χ1n) is 9.45. The van der Waals surface area contributed by atoms with Gasteiger partial charge in [-0.15, -0.1) is 0 Å². The Morgan fingerprint density at radius 1 is 1.22 bits per heavy atom. The average molecular weight is 370 g/mol. The third-order valence-electron chi connectivity index (χ3n) is 5.29. The number of carbonyl (C=O) groups is 2. The maximum Gasteiger partial charge on any atom is 0.225 e. The predicted octanol–water partition coefficient (Wildman–Crippen LogP) is 2.28. The van der Waals surface area contributed by atoms with Gasteiger partial charge in [0.15, 0.2) is 0 Å². The Morgan fingerprint density at radius 3 is 2.78 bits per heavy atom. The Kier molecular flexibility index (Phi) is 4.92. The van der Waals surface area contributed by atoms with Crippen LogP contribution >= 0.6 is 0 Å². The van der Waals surface area contributed by atoms with Gasteiger partial charge < -0.3 is 14.8 Å². The van der Waals surface area contributed by atoms with Crippen LogP contribution in [0.1, 0.15) is 31.2 Å². The molecule has 0 bridgehead atoms. The summed E-state index contributed by atoms with van der Waals surface area (Å²) in [7, 11) is 0. The number of hydrogen-bond acceptors (Lipinski definition) is 3. The van der Waals surface area contributed by atoms with E-state index >= 15 is 0 Å². The molecular weight excluding hydrogens is 347 g/mol. The van der Waals surface area contributed by atoms with Gasteiger partial charge in [0.05, 0.1) is 17.9 Å². The third kappa shape index (κ3) is 4.02. The van der Waals surface area contributed by atoms with Crippen molar-refractivity contribution in [3.63, 3.8) is 0 Å². The highest BCUT2D eigenvalue weighted by atomic mass is 19.1. The number of amides is 2. The number of piperidine rings is 1. The van der Waals surface area contributed by atoms with Crippen molar-refractivity contribution in [1.82, 2.24) is 19.8 Å². The minimum Gasteiger partial charge on any atom is -0.352 e. The van der Waals surface area contributed by atoms with Crippen LogP contribution in [0.4, 0.5) is 4.39 Å². The number of benzene rings is 1. The molecule has 1 atom stereocenters. The fourth-order valence-corrected chi connectivity index (χ4v) is 3.58. The largest absolute Gasteiger partial charge is 0.352 e. The second-order valence-corrected chi connectivity index (χ2v) is 7.37. The normalized spacial score (nSPS) is 19.7. The molecule has 1 aromatic carbocycles. The van der Waals surface area contributed by atoms with E-state index in [4.69, 9.17) is 0 Å². The van der Waals surface area contributed by atoms with E-state index in [0.717, 1.165) is 32.2 Å². The molecule has 1 unspecified atom stereocenters. The lowest BCUT2D eigenvalue weighted by Gasteiger charge is -2.32. The first-order chi connectivity index (χ1) is 13.1. The highest BCUT2D eigenvalue weighted by Gasteiger charge is 2.36. The molecule has 142 valence electrons. The monoisotopic (exact) mass is 370 g/mol. The zero-order valence-electron chi connectivity index (χ0n) is 15.1. The number of halogens is 1. The maximum absolute atomic E-state index is 14.3. The first kappa shape index (κ1) is 17.7. The molecule has 2 fully saturated rings. The zero-order chi connectivity index (χ0) is 18.8. The molecule has 2 aliphatic rings. The maximum atomic E-state index is 14.3. The lowest BCUT2D eigenvalue weighted by atomic mass is 9.96. The lowest BCUT2D eigenvalue weighted by molar-refractivity contribution is -0.136. The molecule has 4 rings (SSSR count). The van der Waals surface area contributed by atoms with Gasteiger partial charge in [0.1, 0.15) is 5.82 Å². The average Bonchev–Trinajstić information content (AvgIpc) is 3.40. The van der Waals surface area contributed by atoms with Gasteiger partial charge in [-0.25, -0.2) is 9.37 Å². The first-order valence-corrected chi connectivity index (χ1v) is 9.45. The van der Waals surface area contributed by atoms with Crippen LogP contribution in [0.2, 0.25) is 0 Å². The molecule has 1 saturated heterocycles. The fourth-order valence-electron chi connectivity index (χ4n) is 3.58. The van der Waals surface area contributed by atoms with E-state index in [0.29, 0.717) is 17.8 Å². The Bertz CT molecular complexity index is 833. The molecule has 1 aromatic heterocycles. The molecule has 2 aromatic rings. The second-order valence-electron chi connectivity index (χ2n) is 7.37. The molecule has 2 heterocycles. The smallest absolute Gasteiger partial charge is 0.225 e. The highest BCUT2D eigenvalue weighted by Crippen LogP contribution is 2.32. The van der Waals surface area contributed by atoms with E-state index in [1.165, 1.54) is 12.4 Å². The van der Waals surface area contributed by atoms with E-state index in [-0.39, 0.29) is 36.0 Å². The van der Waals surface area contributed by atoms with Crippen molar-refractivity contribution in [2.24, 2.45) is 11.8 Å². The molecule has 1 N–H and O–H groups in total. The van der Waals surface area contributed by atoms with Crippen molar-refractivity contribution >= 4 is 11.8 Å². The summed E-state index contributed by atoms with van der Waals surface area (Å²) in [6.07, 6.45) is 8.41. The summed E-state index contributed by atoms with van der Waals surface area (Å²) < 4.78 is 15.9. The number of hydrogen-bond donors (Lipinski definition) is 1. The number of aromatic nitrogens is 2. The fraction of sp³-hybridized carbons (Fsp3) is 0.450. The minimum atomic E-state index is -0.362. The number of nitrogens with one attached hydrogen (secondary N) is 1. The van der Waals surface area contributed by atoms with Crippen LogP contribution in [0.15, 0.2) is 36.9 Å². The predicted molar refractivity (Wildman–Crippen MR) is 97.4 cm³/mol. The molecule has 1 saturated carbocycles. The molecule has 27 heavy (non-hydrogen) atoms. The summed E-state index contributed by atoms with van der Waals surface area (Å²) in [5.41, 5.74) is 1.12. The van der Waals surface area contributed by atoms with Gasteiger partial charge >= 0.3 is 0 Å². The minimum absolute atomic E-state index is 0.0672. The number of likely N-dealkylation sites (tertiary alicyclic amines) is 1. The number of imidazole rings is 1. The van der Waals surface area contributed by atoms with Gasteiger partial charge in [-0.2, -0.15) is 0 Å². The van der Waals surface area contributed by atoms with Crippen molar-refractivity contribution in [2.45, 2.75) is 32.2 Å². The van der Waals surface area contributed by atoms with Crippen molar-refractivity contribution in [3.8, 4) is 5.69 Å². The summed E-state index contributed by atoms with van der Waals surface area (Å²) in [4.78, 5) is 30.5. The van der Waals surface area contributed by atoms with Crippen LogP contribution in [0, 0.1) is 17.7 Å². The van der Waals surface area contributed by atoms with Gasteiger partial charge in [-0.1, -0.05) is 6.07 Å². The van der Waals surface area contributed by atoms with E-state index in [1.54, 1.807) is 29.1 Å². The standard InChI is InChI=1S/C20H23FN4O2/c21-17-10-14(3-6-18(17)25-9-7-22-13-25)11-23-19(26)16-2-1-8-24(12-16)20(27)15-4-5-15/h3,6-7,9-10,13,15-16H,1-2,4-5,8,11-12H2,(H,23,26). The Labute approximate surface area is 157 Å². The van der Waals surface area contributed by atoms with Crippen LogP contribution in [0.3, 0.4) is 0 Å². The van der Waals surface area contributed by atoms with Crippen LogP contribution < -0.4 is 5.32 Å². The third-order valence-corrected chi connectivity index (χ3v) is 5.29. The van der Waals surface area contributed by atoms with Gasteiger partial charge in [0, 0.05) is 37.9 Å². The van der Waals surface area contributed by atoms with Crippen molar-refractivity contribution in [2.75, 3.05) is 13.1 Å². The van der Waals surface area contributed by atoms with Crippen molar-refractivity contribution < 1.29 is 14.0 Å². The second kappa shape index (κ2) is 7.50. The van der Waals surface area contributed by atoms with Gasteiger partial charge in [-0.05, 0) is 43.4 Å². The molecule has 0 radical (unpaired) electrons. The van der Waals surface area contributed by atoms with E-state index in [9.17, 15) is 14.0 Å². The van der Waals surface area contributed by atoms with E-state index in [2.05, 4.69) is 10.3 Å². The summed E-state index contributed by atoms with van der Waals surface area (Å²) in [5, 5.41) is 2.89. The van der Waals surface area contributed by atoms with Crippen LogP contribution in [0.5, 0.6) is 0 Å².